The van der Waals surface area contributed by atoms with E-state index in [2.05, 4.69) is 26.2 Å². The number of thiazole rings is 1. The van der Waals surface area contributed by atoms with Gasteiger partial charge in [-0.1, -0.05) is 28.1 Å². The Kier molecular flexibility index (Phi) is 4.31. The Labute approximate surface area is 138 Å². The SMILES string of the molecule is O=C(/C=C/c1nc2ccccc2s1)Nc1ccc(Br)cc1F. The van der Waals surface area contributed by atoms with Gasteiger partial charge >= 0.3 is 0 Å². The minimum atomic E-state index is -0.490. The van der Waals surface area contributed by atoms with Gasteiger partial charge in [0.25, 0.3) is 0 Å². The highest BCUT2D eigenvalue weighted by Crippen LogP contribution is 2.23. The fourth-order valence-electron chi connectivity index (χ4n) is 1.87. The van der Waals surface area contributed by atoms with Crippen LogP contribution in [0.25, 0.3) is 16.3 Å². The number of para-hydroxylation sites is 1. The number of hydrogen-bond donors (Lipinski definition) is 1. The molecular formula is C16H10BrFN2OS. The molecule has 0 atom stereocenters. The summed E-state index contributed by atoms with van der Waals surface area (Å²) in [6, 6.07) is 12.2. The number of carbonyl (C=O) groups is 1. The summed E-state index contributed by atoms with van der Waals surface area (Å²) in [4.78, 5) is 16.2. The van der Waals surface area contributed by atoms with Crippen LogP contribution in [0.3, 0.4) is 0 Å². The van der Waals surface area contributed by atoms with Crippen LogP contribution in [0.15, 0.2) is 53.0 Å². The maximum Gasteiger partial charge on any atom is 0.248 e. The van der Waals surface area contributed by atoms with Crippen LogP contribution in [-0.4, -0.2) is 10.9 Å². The predicted octanol–water partition coefficient (Wildman–Crippen LogP) is 4.85. The molecule has 0 aliphatic rings. The summed E-state index contributed by atoms with van der Waals surface area (Å²) in [7, 11) is 0. The highest BCUT2D eigenvalue weighted by Gasteiger charge is 2.05. The molecule has 3 aromatic rings. The minimum absolute atomic E-state index is 0.141. The molecule has 1 N–H and O–H groups in total. The third kappa shape index (κ3) is 3.40. The van der Waals surface area contributed by atoms with E-state index in [0.29, 0.717) is 4.47 Å². The normalized spacial score (nSPS) is 11.2. The first kappa shape index (κ1) is 14.9. The van der Waals surface area contributed by atoms with Crippen LogP contribution in [0, 0.1) is 5.82 Å². The van der Waals surface area contributed by atoms with Crippen LogP contribution in [0.4, 0.5) is 10.1 Å². The average Bonchev–Trinajstić information content (AvgIpc) is 2.91. The van der Waals surface area contributed by atoms with Gasteiger partial charge in [0.1, 0.15) is 10.8 Å². The fraction of sp³-hybridized carbons (Fsp3) is 0. The Morgan fingerprint density at radius 2 is 2.09 bits per heavy atom. The molecule has 3 nitrogen and oxygen atoms in total. The second-order valence-electron chi connectivity index (χ2n) is 4.47. The molecule has 2 aromatic carbocycles. The molecule has 0 saturated carbocycles. The van der Waals surface area contributed by atoms with Crippen molar-refractivity contribution in [3.05, 3.63) is 63.8 Å². The second kappa shape index (κ2) is 6.37. The summed E-state index contributed by atoms with van der Waals surface area (Å²) >= 11 is 4.66. The van der Waals surface area contributed by atoms with Crippen LogP contribution in [0.2, 0.25) is 0 Å². The molecule has 1 heterocycles. The quantitative estimate of drug-likeness (QED) is 0.663. The van der Waals surface area contributed by atoms with E-state index in [1.807, 2.05) is 24.3 Å². The van der Waals surface area contributed by atoms with Gasteiger partial charge in [0.15, 0.2) is 0 Å². The zero-order valence-electron chi connectivity index (χ0n) is 11.2. The molecule has 0 unspecified atom stereocenters. The van der Waals surface area contributed by atoms with E-state index in [4.69, 9.17) is 0 Å². The van der Waals surface area contributed by atoms with Crippen LogP contribution < -0.4 is 5.32 Å². The van der Waals surface area contributed by atoms with Crippen molar-refractivity contribution < 1.29 is 9.18 Å². The molecule has 0 saturated heterocycles. The second-order valence-corrected chi connectivity index (χ2v) is 6.44. The molecule has 0 aliphatic carbocycles. The van der Waals surface area contributed by atoms with Crippen LogP contribution in [-0.2, 0) is 4.79 Å². The number of anilines is 1. The van der Waals surface area contributed by atoms with Gasteiger partial charge in [0, 0.05) is 10.5 Å². The van der Waals surface area contributed by atoms with Crippen molar-refractivity contribution in [1.29, 1.82) is 0 Å². The number of nitrogens with zero attached hydrogens (tertiary/aromatic N) is 1. The van der Waals surface area contributed by atoms with E-state index in [0.717, 1.165) is 15.2 Å². The lowest BCUT2D eigenvalue weighted by molar-refractivity contribution is -0.111. The van der Waals surface area contributed by atoms with Gasteiger partial charge in [-0.15, -0.1) is 11.3 Å². The maximum atomic E-state index is 13.6. The largest absolute Gasteiger partial charge is 0.320 e. The predicted molar refractivity (Wildman–Crippen MR) is 91.4 cm³/mol. The van der Waals surface area contributed by atoms with Crippen molar-refractivity contribution in [3.63, 3.8) is 0 Å². The van der Waals surface area contributed by atoms with E-state index < -0.39 is 11.7 Å². The number of benzene rings is 2. The number of fused-ring (bicyclic) bond motifs is 1. The van der Waals surface area contributed by atoms with Crippen molar-refractivity contribution in [1.82, 2.24) is 4.98 Å². The van der Waals surface area contributed by atoms with Crippen molar-refractivity contribution in [2.75, 3.05) is 5.32 Å². The zero-order valence-corrected chi connectivity index (χ0v) is 13.6. The van der Waals surface area contributed by atoms with Crippen LogP contribution >= 0.6 is 27.3 Å². The zero-order chi connectivity index (χ0) is 15.5. The Morgan fingerprint density at radius 3 is 2.86 bits per heavy atom. The topological polar surface area (TPSA) is 42.0 Å². The molecule has 6 heteroatoms. The van der Waals surface area contributed by atoms with Crippen LogP contribution in [0.5, 0.6) is 0 Å². The first-order valence-corrected chi connectivity index (χ1v) is 8.02. The molecule has 1 amide bonds. The van der Waals surface area contributed by atoms with Gasteiger partial charge in [-0.05, 0) is 36.4 Å². The molecule has 0 bridgehead atoms. The van der Waals surface area contributed by atoms with E-state index in [9.17, 15) is 9.18 Å². The number of hydrogen-bond acceptors (Lipinski definition) is 3. The lowest BCUT2D eigenvalue weighted by Crippen LogP contribution is -2.09. The first-order chi connectivity index (χ1) is 10.6. The van der Waals surface area contributed by atoms with E-state index in [-0.39, 0.29) is 5.69 Å². The molecule has 110 valence electrons. The molecule has 1 aromatic heterocycles. The summed E-state index contributed by atoms with van der Waals surface area (Å²) in [5.41, 5.74) is 1.04. The van der Waals surface area contributed by atoms with Gasteiger partial charge in [-0.2, -0.15) is 0 Å². The maximum absolute atomic E-state index is 13.6. The van der Waals surface area contributed by atoms with E-state index in [1.165, 1.54) is 29.5 Å². The number of halogens is 2. The highest BCUT2D eigenvalue weighted by atomic mass is 79.9. The van der Waals surface area contributed by atoms with Gasteiger partial charge in [-0.25, -0.2) is 9.37 Å². The molecule has 0 radical (unpaired) electrons. The Morgan fingerprint density at radius 1 is 1.27 bits per heavy atom. The average molecular weight is 377 g/mol. The number of nitrogens with one attached hydrogen (secondary N) is 1. The van der Waals surface area contributed by atoms with Gasteiger partial charge in [0.2, 0.25) is 5.91 Å². The summed E-state index contributed by atoms with van der Waals surface area (Å²) in [5.74, 6) is -0.892. The summed E-state index contributed by atoms with van der Waals surface area (Å²) < 4.78 is 15.3. The van der Waals surface area contributed by atoms with Crippen molar-refractivity contribution in [2.24, 2.45) is 0 Å². The number of carbonyl (C=O) groups excluding carboxylic acids is 1. The van der Waals surface area contributed by atoms with E-state index in [1.54, 1.807) is 12.1 Å². The Balaban J connectivity index is 1.73. The fourth-order valence-corrected chi connectivity index (χ4v) is 3.08. The number of rotatable bonds is 3. The molecule has 3 rings (SSSR count). The van der Waals surface area contributed by atoms with Crippen molar-refractivity contribution in [3.8, 4) is 0 Å². The molecule has 0 aliphatic heterocycles. The summed E-state index contributed by atoms with van der Waals surface area (Å²) in [6.45, 7) is 0. The smallest absolute Gasteiger partial charge is 0.248 e. The first-order valence-electron chi connectivity index (χ1n) is 6.41. The lowest BCUT2D eigenvalue weighted by Gasteiger charge is -2.03. The summed E-state index contributed by atoms with van der Waals surface area (Å²) in [5, 5.41) is 3.23. The van der Waals surface area contributed by atoms with Gasteiger partial charge in [-0.3, -0.25) is 4.79 Å². The molecular weight excluding hydrogens is 367 g/mol. The number of aromatic nitrogens is 1. The lowest BCUT2D eigenvalue weighted by atomic mass is 10.3. The summed E-state index contributed by atoms with van der Waals surface area (Å²) in [6.07, 6.45) is 2.97. The third-order valence-electron chi connectivity index (χ3n) is 2.88. The standard InChI is InChI=1S/C16H10BrFN2OS/c17-10-5-6-12(11(18)9-10)19-15(21)7-8-16-20-13-3-1-2-4-14(13)22-16/h1-9H,(H,19,21)/b8-7+. The van der Waals surface area contributed by atoms with Gasteiger partial charge < -0.3 is 5.32 Å². The van der Waals surface area contributed by atoms with E-state index >= 15 is 0 Å². The molecule has 0 fully saturated rings. The molecule has 0 spiro atoms. The minimum Gasteiger partial charge on any atom is -0.320 e. The molecule has 22 heavy (non-hydrogen) atoms. The van der Waals surface area contributed by atoms with Gasteiger partial charge in [0.05, 0.1) is 15.9 Å². The van der Waals surface area contributed by atoms with Crippen molar-refractivity contribution in [2.45, 2.75) is 0 Å². The third-order valence-corrected chi connectivity index (χ3v) is 4.37. The Bertz CT molecular complexity index is 842. The van der Waals surface area contributed by atoms with Crippen LogP contribution in [0.1, 0.15) is 5.01 Å². The number of amides is 1. The van der Waals surface area contributed by atoms with Crippen molar-refractivity contribution >= 4 is 55.2 Å². The highest BCUT2D eigenvalue weighted by molar-refractivity contribution is 9.10. The monoisotopic (exact) mass is 376 g/mol. The Hall–Kier alpha value is -2.05.